The molecule has 1 aliphatic carbocycles. The molecule has 26 heavy (non-hydrogen) atoms. The van der Waals surface area contributed by atoms with Crippen molar-refractivity contribution in [2.75, 3.05) is 13.6 Å². The molecule has 0 spiro atoms. The first-order valence-corrected chi connectivity index (χ1v) is 9.13. The van der Waals surface area contributed by atoms with Gasteiger partial charge in [-0.3, -0.25) is 9.98 Å². The zero-order valence-electron chi connectivity index (χ0n) is 15.1. The quantitative estimate of drug-likeness (QED) is 0.549. The Morgan fingerprint density at radius 2 is 1.77 bits per heavy atom. The van der Waals surface area contributed by atoms with Crippen LogP contribution in [0.15, 0.2) is 71.9 Å². The third-order valence-electron chi connectivity index (χ3n) is 5.24. The number of nitrogens with zero attached hydrogens (tertiary/aromatic N) is 2. The number of pyridine rings is 1. The summed E-state index contributed by atoms with van der Waals surface area (Å²) >= 11 is 0. The Morgan fingerprint density at radius 3 is 2.54 bits per heavy atom. The first-order chi connectivity index (χ1) is 12.8. The van der Waals surface area contributed by atoms with Crippen molar-refractivity contribution in [3.63, 3.8) is 0 Å². The van der Waals surface area contributed by atoms with Crippen molar-refractivity contribution in [3.8, 4) is 0 Å². The second-order valence-electron chi connectivity index (χ2n) is 6.90. The molecule has 1 heterocycles. The second kappa shape index (κ2) is 7.16. The van der Waals surface area contributed by atoms with Crippen molar-refractivity contribution in [1.82, 2.24) is 15.6 Å². The van der Waals surface area contributed by atoms with Gasteiger partial charge in [-0.25, -0.2) is 0 Å². The summed E-state index contributed by atoms with van der Waals surface area (Å²) in [5.74, 6) is 0.821. The van der Waals surface area contributed by atoms with E-state index in [0.29, 0.717) is 6.54 Å². The molecule has 132 valence electrons. The first-order valence-electron chi connectivity index (χ1n) is 9.13. The Kier molecular flexibility index (Phi) is 4.57. The molecule has 1 fully saturated rings. The normalized spacial score (nSPS) is 15.7. The van der Waals surface area contributed by atoms with Gasteiger partial charge in [0.15, 0.2) is 5.96 Å². The third kappa shape index (κ3) is 3.40. The van der Waals surface area contributed by atoms with Crippen LogP contribution < -0.4 is 10.6 Å². The van der Waals surface area contributed by atoms with Gasteiger partial charge in [0.1, 0.15) is 0 Å². The van der Waals surface area contributed by atoms with Gasteiger partial charge in [0.25, 0.3) is 0 Å². The van der Waals surface area contributed by atoms with E-state index >= 15 is 0 Å². The van der Waals surface area contributed by atoms with Gasteiger partial charge in [-0.2, -0.15) is 0 Å². The van der Waals surface area contributed by atoms with E-state index < -0.39 is 0 Å². The highest BCUT2D eigenvalue weighted by Gasteiger charge is 2.43. The van der Waals surface area contributed by atoms with Crippen LogP contribution >= 0.6 is 0 Å². The lowest BCUT2D eigenvalue weighted by atomic mass is 9.96. The summed E-state index contributed by atoms with van der Waals surface area (Å²) in [4.78, 5) is 8.91. The number of fused-ring (bicyclic) bond motifs is 1. The lowest BCUT2D eigenvalue weighted by Gasteiger charge is -2.19. The number of benzene rings is 2. The lowest BCUT2D eigenvalue weighted by molar-refractivity contribution is 0.645. The summed E-state index contributed by atoms with van der Waals surface area (Å²) in [6, 6.07) is 21.1. The molecule has 3 aromatic rings. The Labute approximate surface area is 154 Å². The van der Waals surface area contributed by atoms with Crippen molar-refractivity contribution in [3.05, 3.63) is 78.1 Å². The van der Waals surface area contributed by atoms with Crippen molar-refractivity contribution in [2.24, 2.45) is 4.99 Å². The molecule has 2 N–H and O–H groups in total. The van der Waals surface area contributed by atoms with E-state index in [0.717, 1.165) is 18.2 Å². The lowest BCUT2D eigenvalue weighted by Crippen LogP contribution is -2.41. The third-order valence-corrected chi connectivity index (χ3v) is 5.24. The molecule has 0 radical (unpaired) electrons. The molecule has 0 saturated heterocycles. The van der Waals surface area contributed by atoms with Crippen LogP contribution in [0.3, 0.4) is 0 Å². The van der Waals surface area contributed by atoms with Crippen molar-refractivity contribution >= 4 is 16.7 Å². The molecule has 0 amide bonds. The van der Waals surface area contributed by atoms with Gasteiger partial charge in [0.2, 0.25) is 0 Å². The average molecular weight is 344 g/mol. The molecular formula is C22H24N4. The highest BCUT2D eigenvalue weighted by molar-refractivity contribution is 5.85. The van der Waals surface area contributed by atoms with E-state index in [1.165, 1.54) is 29.2 Å². The van der Waals surface area contributed by atoms with E-state index in [1.54, 1.807) is 0 Å². The summed E-state index contributed by atoms with van der Waals surface area (Å²) in [6.45, 7) is 1.55. The van der Waals surface area contributed by atoms with Crippen molar-refractivity contribution in [1.29, 1.82) is 0 Å². The standard InChI is InChI=1S/C22H24N4/c1-23-21(26-16-22(12-13-22)18-8-3-2-4-9-18)25-15-20-19-10-6-5-7-17(19)11-14-24-20/h2-11,14H,12-13,15-16H2,1H3,(H2,23,25,26). The number of hydrogen-bond acceptors (Lipinski definition) is 2. The molecule has 1 aliphatic rings. The zero-order valence-corrected chi connectivity index (χ0v) is 15.1. The Hall–Kier alpha value is -2.88. The Bertz CT molecular complexity index is 908. The topological polar surface area (TPSA) is 49.3 Å². The minimum Gasteiger partial charge on any atom is -0.356 e. The number of guanidine groups is 1. The smallest absolute Gasteiger partial charge is 0.191 e. The number of hydrogen-bond donors (Lipinski definition) is 2. The van der Waals surface area contributed by atoms with Gasteiger partial charge in [-0.1, -0.05) is 54.6 Å². The van der Waals surface area contributed by atoms with Crippen molar-refractivity contribution in [2.45, 2.75) is 24.8 Å². The Balaban J connectivity index is 1.40. The number of nitrogens with one attached hydrogen (secondary N) is 2. The summed E-state index contributed by atoms with van der Waals surface area (Å²) in [5, 5.41) is 9.30. The fraction of sp³-hybridized carbons (Fsp3) is 0.273. The van der Waals surface area contributed by atoms with E-state index in [9.17, 15) is 0 Å². The average Bonchev–Trinajstić information content (AvgIpc) is 3.50. The van der Waals surface area contributed by atoms with Gasteiger partial charge >= 0.3 is 0 Å². The number of rotatable bonds is 5. The minimum absolute atomic E-state index is 0.260. The molecular weight excluding hydrogens is 320 g/mol. The van der Waals surface area contributed by atoms with Crippen molar-refractivity contribution < 1.29 is 0 Å². The number of aliphatic imine (C=N–C) groups is 1. The summed E-state index contributed by atoms with van der Waals surface area (Å²) in [6.07, 6.45) is 4.32. The fourth-order valence-electron chi connectivity index (χ4n) is 3.47. The molecule has 0 bridgehead atoms. The molecule has 1 aromatic heterocycles. The van der Waals surface area contributed by atoms with Crippen LogP contribution in [-0.2, 0) is 12.0 Å². The van der Waals surface area contributed by atoms with Gasteiger partial charge in [-0.05, 0) is 29.9 Å². The van der Waals surface area contributed by atoms with Crippen LogP contribution in [-0.4, -0.2) is 24.5 Å². The Morgan fingerprint density at radius 1 is 1.00 bits per heavy atom. The van der Waals surface area contributed by atoms with E-state index in [4.69, 9.17) is 0 Å². The van der Waals surface area contributed by atoms with E-state index in [1.807, 2.05) is 19.3 Å². The maximum atomic E-state index is 4.54. The van der Waals surface area contributed by atoms with Gasteiger partial charge < -0.3 is 10.6 Å². The summed E-state index contributed by atoms with van der Waals surface area (Å²) < 4.78 is 0. The maximum Gasteiger partial charge on any atom is 0.191 e. The van der Waals surface area contributed by atoms with Crippen LogP contribution in [0.5, 0.6) is 0 Å². The highest BCUT2D eigenvalue weighted by Crippen LogP contribution is 2.47. The van der Waals surface area contributed by atoms with Gasteiger partial charge in [0.05, 0.1) is 12.2 Å². The molecule has 4 nitrogen and oxygen atoms in total. The minimum atomic E-state index is 0.260. The molecule has 1 saturated carbocycles. The van der Waals surface area contributed by atoms with Crippen LogP contribution in [0.4, 0.5) is 0 Å². The van der Waals surface area contributed by atoms with E-state index in [-0.39, 0.29) is 5.41 Å². The van der Waals surface area contributed by atoms with Gasteiger partial charge in [-0.15, -0.1) is 0 Å². The van der Waals surface area contributed by atoms with Crippen LogP contribution in [0, 0.1) is 0 Å². The summed E-state index contributed by atoms with van der Waals surface area (Å²) in [5.41, 5.74) is 2.71. The monoisotopic (exact) mass is 344 g/mol. The van der Waals surface area contributed by atoms with E-state index in [2.05, 4.69) is 75.2 Å². The van der Waals surface area contributed by atoms with Crippen LogP contribution in [0.1, 0.15) is 24.1 Å². The largest absolute Gasteiger partial charge is 0.356 e. The molecule has 2 aromatic carbocycles. The molecule has 4 rings (SSSR count). The number of aromatic nitrogens is 1. The zero-order chi connectivity index (χ0) is 17.8. The molecule has 0 unspecified atom stereocenters. The predicted octanol–water partition coefficient (Wildman–Crippen LogP) is 3.63. The predicted molar refractivity (Wildman–Crippen MR) is 107 cm³/mol. The van der Waals surface area contributed by atoms with Gasteiger partial charge in [0, 0.05) is 30.6 Å². The molecule has 0 atom stereocenters. The first kappa shape index (κ1) is 16.6. The van der Waals surface area contributed by atoms with Crippen LogP contribution in [0.25, 0.3) is 10.8 Å². The molecule has 0 aliphatic heterocycles. The fourth-order valence-corrected chi connectivity index (χ4v) is 3.47. The highest BCUT2D eigenvalue weighted by atomic mass is 15.2. The SMILES string of the molecule is CN=C(NCc1nccc2ccccc12)NCC1(c2ccccc2)CC1. The maximum absolute atomic E-state index is 4.54. The second-order valence-corrected chi connectivity index (χ2v) is 6.90. The summed E-state index contributed by atoms with van der Waals surface area (Å²) in [7, 11) is 1.81. The van der Waals surface area contributed by atoms with Crippen LogP contribution in [0.2, 0.25) is 0 Å². The molecule has 4 heteroatoms.